The summed E-state index contributed by atoms with van der Waals surface area (Å²) in [6, 6.07) is 16.9. The van der Waals surface area contributed by atoms with Gasteiger partial charge in [0, 0.05) is 16.8 Å². The Morgan fingerprint density at radius 1 is 0.889 bits per heavy atom. The number of carbonyl (C=O) groups excluding carboxylic acids is 3. The molecule has 1 amide bonds. The van der Waals surface area contributed by atoms with E-state index in [4.69, 9.17) is 14.2 Å². The molecule has 1 aliphatic rings. The topological polar surface area (TPSA) is 102 Å². The lowest BCUT2D eigenvalue weighted by molar-refractivity contribution is -0.132. The Kier molecular flexibility index (Phi) is 7.12. The first-order chi connectivity index (χ1) is 17.3. The maximum atomic E-state index is 13.4. The lowest BCUT2D eigenvalue weighted by Gasteiger charge is -2.27. The molecule has 0 spiro atoms. The lowest BCUT2D eigenvalue weighted by Crippen LogP contribution is -2.29. The molecular weight excluding hydrogens is 530 g/mol. The van der Waals surface area contributed by atoms with Gasteiger partial charge in [0.2, 0.25) is 0 Å². The second-order valence-electron chi connectivity index (χ2n) is 7.80. The Morgan fingerprint density at radius 2 is 1.61 bits per heavy atom. The number of hydrogen-bond donors (Lipinski definition) is 1. The number of aliphatic hydroxyl groups is 1. The van der Waals surface area contributed by atoms with Crippen molar-refractivity contribution in [1.82, 2.24) is 0 Å². The Morgan fingerprint density at radius 3 is 2.28 bits per heavy atom. The van der Waals surface area contributed by atoms with Crippen molar-refractivity contribution >= 4 is 45.0 Å². The smallest absolute Gasteiger partial charge is 0.337 e. The van der Waals surface area contributed by atoms with Crippen molar-refractivity contribution in [2.24, 2.45) is 0 Å². The fraction of sp³-hybridized carbons (Fsp3) is 0.148. The zero-order valence-electron chi connectivity index (χ0n) is 19.7. The molecule has 3 aromatic rings. The first-order valence-electron chi connectivity index (χ1n) is 10.8. The van der Waals surface area contributed by atoms with Gasteiger partial charge in [-0.3, -0.25) is 14.5 Å². The number of anilines is 1. The van der Waals surface area contributed by atoms with Crippen LogP contribution in [0.15, 0.2) is 76.8 Å². The highest BCUT2D eigenvalue weighted by Gasteiger charge is 2.48. The number of carbonyl (C=O) groups is 3. The number of Topliss-reactive ketones (excluding diaryl/α,β-unsaturated/α-hetero) is 1. The average molecular weight is 552 g/mol. The molecule has 0 bridgehead atoms. The number of esters is 1. The van der Waals surface area contributed by atoms with Crippen LogP contribution in [0.3, 0.4) is 0 Å². The molecule has 9 heteroatoms. The fourth-order valence-corrected chi connectivity index (χ4v) is 4.70. The quantitative estimate of drug-likeness (QED) is 0.201. The third-order valence-corrected chi connectivity index (χ3v) is 6.47. The number of ketones is 1. The predicted molar refractivity (Wildman–Crippen MR) is 136 cm³/mol. The highest BCUT2D eigenvalue weighted by atomic mass is 79.9. The number of amides is 1. The summed E-state index contributed by atoms with van der Waals surface area (Å²) >= 11 is 3.39. The van der Waals surface area contributed by atoms with Crippen LogP contribution in [0.5, 0.6) is 11.5 Å². The number of nitrogens with zero attached hydrogens (tertiary/aromatic N) is 1. The van der Waals surface area contributed by atoms with Crippen LogP contribution in [0, 0.1) is 0 Å². The summed E-state index contributed by atoms with van der Waals surface area (Å²) in [5, 5.41) is 11.3. The zero-order valence-corrected chi connectivity index (χ0v) is 21.2. The van der Waals surface area contributed by atoms with Crippen LogP contribution in [0.2, 0.25) is 0 Å². The van der Waals surface area contributed by atoms with Crippen LogP contribution in [-0.2, 0) is 14.3 Å². The summed E-state index contributed by atoms with van der Waals surface area (Å²) in [5.41, 5.74) is 1.16. The number of rotatable bonds is 6. The second kappa shape index (κ2) is 10.2. The van der Waals surface area contributed by atoms with E-state index in [0.717, 1.165) is 0 Å². The minimum absolute atomic E-state index is 0.120. The van der Waals surface area contributed by atoms with E-state index in [2.05, 4.69) is 15.9 Å². The van der Waals surface area contributed by atoms with Gasteiger partial charge < -0.3 is 19.3 Å². The zero-order chi connectivity index (χ0) is 26.0. The number of benzene rings is 3. The number of methoxy groups -OCH3 is 3. The first-order valence-corrected chi connectivity index (χ1v) is 11.6. The third-order valence-electron chi connectivity index (χ3n) is 5.85. The fourth-order valence-electron chi connectivity index (χ4n) is 4.16. The van der Waals surface area contributed by atoms with Crippen LogP contribution in [0.1, 0.15) is 27.5 Å². The number of ether oxygens (including phenoxy) is 3. The van der Waals surface area contributed by atoms with Gasteiger partial charge in [-0.1, -0.05) is 24.3 Å². The average Bonchev–Trinajstić information content (AvgIpc) is 3.17. The molecule has 0 saturated carbocycles. The van der Waals surface area contributed by atoms with Crippen molar-refractivity contribution in [2.45, 2.75) is 6.04 Å². The van der Waals surface area contributed by atoms with Gasteiger partial charge in [0.15, 0.2) is 0 Å². The van der Waals surface area contributed by atoms with Crippen molar-refractivity contribution in [1.29, 1.82) is 0 Å². The van der Waals surface area contributed by atoms with Gasteiger partial charge in [-0.2, -0.15) is 0 Å². The van der Waals surface area contributed by atoms with E-state index >= 15 is 0 Å². The van der Waals surface area contributed by atoms with Crippen molar-refractivity contribution in [3.8, 4) is 11.5 Å². The molecule has 36 heavy (non-hydrogen) atoms. The minimum Gasteiger partial charge on any atom is -0.507 e. The van der Waals surface area contributed by atoms with Crippen molar-refractivity contribution in [2.75, 3.05) is 26.2 Å². The Labute approximate surface area is 215 Å². The van der Waals surface area contributed by atoms with Gasteiger partial charge in [0.05, 0.1) is 43.0 Å². The molecule has 0 radical (unpaired) electrons. The second-order valence-corrected chi connectivity index (χ2v) is 8.66. The van der Waals surface area contributed by atoms with Gasteiger partial charge in [-0.05, 0) is 58.4 Å². The molecule has 0 aromatic heterocycles. The van der Waals surface area contributed by atoms with Crippen molar-refractivity contribution in [3.05, 3.63) is 93.5 Å². The largest absolute Gasteiger partial charge is 0.507 e. The van der Waals surface area contributed by atoms with Gasteiger partial charge in [0.25, 0.3) is 11.7 Å². The summed E-state index contributed by atoms with van der Waals surface area (Å²) < 4.78 is 16.1. The number of halogens is 1. The van der Waals surface area contributed by atoms with Gasteiger partial charge in [0.1, 0.15) is 17.3 Å². The third kappa shape index (κ3) is 4.33. The summed E-state index contributed by atoms with van der Waals surface area (Å²) in [5.74, 6) is -1.74. The highest BCUT2D eigenvalue weighted by molar-refractivity contribution is 9.10. The summed E-state index contributed by atoms with van der Waals surface area (Å²) in [4.78, 5) is 40.2. The Hall–Kier alpha value is -4.11. The van der Waals surface area contributed by atoms with Crippen LogP contribution in [0.4, 0.5) is 5.69 Å². The molecular formula is C27H22BrNO7. The van der Waals surface area contributed by atoms with Crippen LogP contribution in [-0.4, -0.2) is 44.1 Å². The maximum Gasteiger partial charge on any atom is 0.337 e. The van der Waals surface area contributed by atoms with Gasteiger partial charge in [-0.25, -0.2) is 4.79 Å². The van der Waals surface area contributed by atoms with E-state index in [0.29, 0.717) is 27.1 Å². The van der Waals surface area contributed by atoms with Gasteiger partial charge in [-0.15, -0.1) is 0 Å². The monoisotopic (exact) mass is 551 g/mol. The molecule has 1 fully saturated rings. The molecule has 4 rings (SSSR count). The molecule has 8 nitrogen and oxygen atoms in total. The van der Waals surface area contributed by atoms with E-state index in [9.17, 15) is 19.5 Å². The molecule has 3 aromatic carbocycles. The normalized spacial score (nSPS) is 16.7. The summed E-state index contributed by atoms with van der Waals surface area (Å²) in [6.07, 6.45) is 0. The van der Waals surface area contributed by atoms with Crippen LogP contribution in [0.25, 0.3) is 5.76 Å². The Balaban J connectivity index is 1.97. The van der Waals surface area contributed by atoms with Crippen molar-refractivity contribution < 1.29 is 33.7 Å². The molecule has 1 aliphatic heterocycles. The number of para-hydroxylation sites is 1. The molecule has 1 N–H and O–H groups in total. The maximum absolute atomic E-state index is 13.4. The molecule has 1 atom stereocenters. The summed E-state index contributed by atoms with van der Waals surface area (Å²) in [6.45, 7) is 0. The van der Waals surface area contributed by atoms with E-state index in [1.165, 1.54) is 32.3 Å². The summed E-state index contributed by atoms with van der Waals surface area (Å²) in [7, 11) is 4.24. The van der Waals surface area contributed by atoms with E-state index in [1.54, 1.807) is 60.7 Å². The molecule has 1 unspecified atom stereocenters. The number of aliphatic hydroxyl groups excluding tert-OH is 1. The lowest BCUT2D eigenvalue weighted by atomic mass is 9.94. The highest BCUT2D eigenvalue weighted by Crippen LogP contribution is 2.45. The Bertz CT molecular complexity index is 1400. The van der Waals surface area contributed by atoms with E-state index < -0.39 is 23.7 Å². The van der Waals surface area contributed by atoms with E-state index in [-0.39, 0.29) is 22.6 Å². The van der Waals surface area contributed by atoms with Crippen LogP contribution < -0.4 is 14.4 Å². The SMILES string of the molecule is COC(=O)c1cccc(N2C(=O)C(=O)/C(=C(/O)c3ccc(OC)c(Br)c3)C2c2ccccc2OC)c1. The molecule has 1 heterocycles. The predicted octanol–water partition coefficient (Wildman–Crippen LogP) is 4.88. The van der Waals surface area contributed by atoms with Crippen LogP contribution >= 0.6 is 15.9 Å². The first kappa shape index (κ1) is 25.0. The standard InChI is InChI=1S/C27H22BrNO7/c1-34-20-10-5-4-9-18(20)23-22(24(30)15-11-12-21(35-2)19(28)14-15)25(31)26(32)29(23)17-8-6-7-16(13-17)27(33)36-3/h4-14,23,30H,1-3H3/b24-22+. The van der Waals surface area contributed by atoms with Crippen molar-refractivity contribution in [3.63, 3.8) is 0 Å². The molecule has 184 valence electrons. The molecule has 0 aliphatic carbocycles. The number of hydrogen-bond acceptors (Lipinski definition) is 7. The van der Waals surface area contributed by atoms with E-state index in [1.807, 2.05) is 0 Å². The minimum atomic E-state index is -1.03. The van der Waals surface area contributed by atoms with Gasteiger partial charge >= 0.3 is 5.97 Å². The molecule has 1 saturated heterocycles.